The second-order valence-electron chi connectivity index (χ2n) is 6.19. The number of aryl methyl sites for hydroxylation is 1. The van der Waals surface area contributed by atoms with Gasteiger partial charge < -0.3 is 15.1 Å². The molecule has 2 aromatic carbocycles. The highest BCUT2D eigenvalue weighted by molar-refractivity contribution is 5.87. The molecule has 1 aliphatic rings. The Balaban J connectivity index is 1.62. The molecule has 5 heteroatoms. The first-order valence-corrected chi connectivity index (χ1v) is 8.18. The van der Waals surface area contributed by atoms with E-state index in [0.717, 1.165) is 35.2 Å². The normalized spacial score (nSPS) is 15.2. The molecule has 1 aliphatic carbocycles. The fourth-order valence-electron chi connectivity index (χ4n) is 2.76. The third-order valence-corrected chi connectivity index (χ3v) is 4.12. The zero-order valence-electron chi connectivity index (χ0n) is 13.5. The topological polar surface area (TPSA) is 67.2 Å². The summed E-state index contributed by atoms with van der Waals surface area (Å²) in [5, 5.41) is 6.41. The molecule has 0 spiro atoms. The maximum atomic E-state index is 12.7. The molecule has 1 fully saturated rings. The number of carbonyl (C=O) groups excluding carboxylic acids is 1. The van der Waals surface area contributed by atoms with Crippen molar-refractivity contribution in [1.29, 1.82) is 0 Å². The van der Waals surface area contributed by atoms with Crippen LogP contribution in [0.5, 0.6) is 0 Å². The van der Waals surface area contributed by atoms with Crippen molar-refractivity contribution in [2.24, 2.45) is 0 Å². The maximum absolute atomic E-state index is 12.7. The number of aromatic nitrogens is 1. The summed E-state index contributed by atoms with van der Waals surface area (Å²) < 4.78 is 5.50. The maximum Gasteiger partial charge on any atom is 0.247 e. The van der Waals surface area contributed by atoms with Crippen molar-refractivity contribution < 1.29 is 9.21 Å². The van der Waals surface area contributed by atoms with E-state index in [1.165, 1.54) is 0 Å². The first-order chi connectivity index (χ1) is 11.7. The summed E-state index contributed by atoms with van der Waals surface area (Å²) in [5.41, 5.74) is 3.31. The number of anilines is 1. The van der Waals surface area contributed by atoms with E-state index in [-0.39, 0.29) is 5.91 Å². The Hall–Kier alpha value is -2.82. The molecule has 4 rings (SSSR count). The number of nitrogens with zero attached hydrogens (tertiary/aromatic N) is 1. The van der Waals surface area contributed by atoms with Crippen molar-refractivity contribution >= 4 is 22.7 Å². The molecule has 0 radical (unpaired) electrons. The van der Waals surface area contributed by atoms with Crippen LogP contribution in [0.1, 0.15) is 30.3 Å². The minimum atomic E-state index is -0.433. The molecule has 3 aromatic rings. The molecule has 0 saturated heterocycles. The van der Waals surface area contributed by atoms with Crippen LogP contribution in [0.4, 0.5) is 5.69 Å². The van der Waals surface area contributed by atoms with E-state index in [4.69, 9.17) is 4.42 Å². The van der Waals surface area contributed by atoms with Gasteiger partial charge in [0.1, 0.15) is 11.6 Å². The first kappa shape index (κ1) is 14.8. The second kappa shape index (κ2) is 6.00. The van der Waals surface area contributed by atoms with E-state index >= 15 is 0 Å². The molecule has 0 aliphatic heterocycles. The summed E-state index contributed by atoms with van der Waals surface area (Å²) in [7, 11) is 0. The van der Waals surface area contributed by atoms with Crippen LogP contribution >= 0.6 is 0 Å². The van der Waals surface area contributed by atoms with Gasteiger partial charge in [-0.1, -0.05) is 30.3 Å². The first-order valence-electron chi connectivity index (χ1n) is 8.18. The van der Waals surface area contributed by atoms with Gasteiger partial charge in [-0.3, -0.25) is 4.79 Å². The van der Waals surface area contributed by atoms with E-state index in [9.17, 15) is 4.79 Å². The molecule has 122 valence electrons. The number of fused-ring (bicyclic) bond motifs is 1. The summed E-state index contributed by atoms with van der Waals surface area (Å²) in [6, 6.07) is 15.3. The van der Waals surface area contributed by atoms with Crippen molar-refractivity contribution in [2.75, 3.05) is 5.32 Å². The number of carbonyl (C=O) groups is 1. The Morgan fingerprint density at radius 3 is 2.75 bits per heavy atom. The third-order valence-electron chi connectivity index (χ3n) is 4.12. The average molecular weight is 321 g/mol. The Morgan fingerprint density at radius 1 is 1.21 bits per heavy atom. The summed E-state index contributed by atoms with van der Waals surface area (Å²) in [6.45, 7) is 1.82. The number of benzene rings is 2. The van der Waals surface area contributed by atoms with Gasteiger partial charge in [-0.25, -0.2) is 4.98 Å². The molecule has 1 amide bonds. The largest absolute Gasteiger partial charge is 0.441 e. The number of hydrogen-bond donors (Lipinski definition) is 2. The van der Waals surface area contributed by atoms with Gasteiger partial charge in [0.25, 0.3) is 0 Å². The van der Waals surface area contributed by atoms with Gasteiger partial charge >= 0.3 is 0 Å². The predicted octanol–water partition coefficient (Wildman–Crippen LogP) is 3.57. The monoisotopic (exact) mass is 321 g/mol. The minimum absolute atomic E-state index is 0.000121. The van der Waals surface area contributed by atoms with Crippen molar-refractivity contribution in [3.63, 3.8) is 0 Å². The molecule has 1 saturated carbocycles. The lowest BCUT2D eigenvalue weighted by Gasteiger charge is -2.20. The molecule has 0 bridgehead atoms. The molecule has 1 unspecified atom stereocenters. The van der Waals surface area contributed by atoms with Gasteiger partial charge in [0, 0.05) is 18.7 Å². The molecule has 2 N–H and O–H groups in total. The number of rotatable bonds is 5. The number of hydrogen-bond acceptors (Lipinski definition) is 4. The van der Waals surface area contributed by atoms with Crippen LogP contribution in [-0.4, -0.2) is 16.9 Å². The van der Waals surface area contributed by atoms with Crippen molar-refractivity contribution in [3.8, 4) is 0 Å². The summed E-state index contributed by atoms with van der Waals surface area (Å²) in [5.74, 6) is 0.633. The fraction of sp³-hybridized carbons (Fsp3) is 0.263. The van der Waals surface area contributed by atoms with E-state index < -0.39 is 6.04 Å². The van der Waals surface area contributed by atoms with E-state index in [2.05, 4.69) is 15.6 Å². The quantitative estimate of drug-likeness (QED) is 0.754. The van der Waals surface area contributed by atoms with Crippen LogP contribution in [-0.2, 0) is 4.79 Å². The Bertz CT molecular complexity index is 869. The van der Waals surface area contributed by atoms with Crippen molar-refractivity contribution in [1.82, 2.24) is 10.3 Å². The van der Waals surface area contributed by atoms with Gasteiger partial charge in [0.15, 0.2) is 11.5 Å². The van der Waals surface area contributed by atoms with Crippen molar-refractivity contribution in [3.05, 3.63) is 60.0 Å². The summed E-state index contributed by atoms with van der Waals surface area (Å²) in [6.07, 6.45) is 2.13. The SMILES string of the molecule is Cc1nc2cc(NC(C(=O)NC3CC3)c3ccccc3)ccc2o1. The van der Waals surface area contributed by atoms with Gasteiger partial charge in [0.2, 0.25) is 5.91 Å². The van der Waals surface area contributed by atoms with Gasteiger partial charge in [0.05, 0.1) is 0 Å². The van der Waals surface area contributed by atoms with E-state index in [1.54, 1.807) is 0 Å². The van der Waals surface area contributed by atoms with Crippen LogP contribution in [0.2, 0.25) is 0 Å². The van der Waals surface area contributed by atoms with Crippen LogP contribution in [0.3, 0.4) is 0 Å². The van der Waals surface area contributed by atoms with Gasteiger partial charge in [-0.15, -0.1) is 0 Å². The highest BCUT2D eigenvalue weighted by Crippen LogP contribution is 2.26. The van der Waals surface area contributed by atoms with Gasteiger partial charge in [-0.05, 0) is 36.6 Å². The Labute approximate surface area is 140 Å². The second-order valence-corrected chi connectivity index (χ2v) is 6.19. The lowest BCUT2D eigenvalue weighted by atomic mass is 10.1. The molecular weight excluding hydrogens is 302 g/mol. The zero-order valence-corrected chi connectivity index (χ0v) is 13.5. The molecular formula is C19H19N3O2. The highest BCUT2D eigenvalue weighted by atomic mass is 16.3. The fourth-order valence-corrected chi connectivity index (χ4v) is 2.76. The molecule has 1 atom stereocenters. The van der Waals surface area contributed by atoms with Crippen LogP contribution < -0.4 is 10.6 Å². The third kappa shape index (κ3) is 3.11. The van der Waals surface area contributed by atoms with Gasteiger partial charge in [-0.2, -0.15) is 0 Å². The summed E-state index contributed by atoms with van der Waals surface area (Å²) in [4.78, 5) is 17.0. The zero-order chi connectivity index (χ0) is 16.5. The van der Waals surface area contributed by atoms with Crippen LogP contribution in [0, 0.1) is 6.92 Å². The minimum Gasteiger partial charge on any atom is -0.441 e. The lowest BCUT2D eigenvalue weighted by molar-refractivity contribution is -0.122. The van der Waals surface area contributed by atoms with Crippen molar-refractivity contribution in [2.45, 2.75) is 31.8 Å². The Morgan fingerprint density at radius 2 is 2.00 bits per heavy atom. The molecule has 24 heavy (non-hydrogen) atoms. The number of oxazole rings is 1. The van der Waals surface area contributed by atoms with E-state index in [0.29, 0.717) is 11.9 Å². The summed E-state index contributed by atoms with van der Waals surface area (Å²) >= 11 is 0. The van der Waals surface area contributed by atoms with Crippen LogP contribution in [0.25, 0.3) is 11.1 Å². The lowest BCUT2D eigenvalue weighted by Crippen LogP contribution is -2.34. The number of amides is 1. The number of nitrogens with one attached hydrogen (secondary N) is 2. The molecule has 1 heterocycles. The molecule has 1 aromatic heterocycles. The standard InChI is InChI=1S/C19H19N3O2/c1-12-20-16-11-15(9-10-17(16)24-12)21-18(13-5-3-2-4-6-13)19(23)22-14-7-8-14/h2-6,9-11,14,18,21H,7-8H2,1H3,(H,22,23). The van der Waals surface area contributed by atoms with Crippen LogP contribution in [0.15, 0.2) is 52.9 Å². The smallest absolute Gasteiger partial charge is 0.247 e. The van der Waals surface area contributed by atoms with E-state index in [1.807, 2.05) is 55.5 Å². The highest BCUT2D eigenvalue weighted by Gasteiger charge is 2.28. The Kier molecular flexibility index (Phi) is 3.69. The predicted molar refractivity (Wildman–Crippen MR) is 92.7 cm³/mol. The average Bonchev–Trinajstić information content (AvgIpc) is 3.31. The molecule has 5 nitrogen and oxygen atoms in total.